The smallest absolute Gasteiger partial charge is 0.161 e. The summed E-state index contributed by atoms with van der Waals surface area (Å²) in [6.07, 6.45) is 0.854. The molecule has 0 aliphatic carbocycles. The molecule has 0 saturated heterocycles. The van der Waals surface area contributed by atoms with Crippen LogP contribution in [0.25, 0.3) is 0 Å². The molecule has 0 fully saturated rings. The maximum atomic E-state index is 10.4. The van der Waals surface area contributed by atoms with Gasteiger partial charge in [0.25, 0.3) is 0 Å². The second-order valence-electron chi connectivity index (χ2n) is 1.80. The second kappa shape index (κ2) is 3.15. The number of hydrogen-bond donors (Lipinski definition) is 0. The zero-order valence-corrected chi connectivity index (χ0v) is 9.14. The van der Waals surface area contributed by atoms with Gasteiger partial charge in [-0.2, -0.15) is 0 Å². The van der Waals surface area contributed by atoms with Gasteiger partial charge in [-0.3, -0.25) is 4.79 Å². The molecule has 1 aromatic heterocycles. The molecule has 1 nitrogen and oxygen atoms in total. The SMILES string of the molecule is Cc1c(Br)sc(C=O)c1Br. The zero-order chi connectivity index (χ0) is 7.72. The molecule has 1 aromatic rings. The van der Waals surface area contributed by atoms with Gasteiger partial charge in [0, 0.05) is 4.47 Å². The highest BCUT2D eigenvalue weighted by atomic mass is 79.9. The molecule has 0 atom stereocenters. The highest BCUT2D eigenvalue weighted by Crippen LogP contribution is 2.34. The van der Waals surface area contributed by atoms with Crippen LogP contribution in [0.5, 0.6) is 0 Å². The van der Waals surface area contributed by atoms with Crippen molar-refractivity contribution in [2.45, 2.75) is 6.92 Å². The maximum absolute atomic E-state index is 10.4. The van der Waals surface area contributed by atoms with Gasteiger partial charge in [0.1, 0.15) is 0 Å². The Hall–Kier alpha value is 0.330. The van der Waals surface area contributed by atoms with Gasteiger partial charge in [-0.05, 0) is 44.3 Å². The van der Waals surface area contributed by atoms with Crippen LogP contribution in [0, 0.1) is 6.92 Å². The topological polar surface area (TPSA) is 17.1 Å². The summed E-state index contributed by atoms with van der Waals surface area (Å²) in [4.78, 5) is 11.1. The first-order valence-corrected chi connectivity index (χ1v) is 4.96. The number of hydrogen-bond acceptors (Lipinski definition) is 2. The predicted molar refractivity (Wildman–Crippen MR) is 49.8 cm³/mol. The highest BCUT2D eigenvalue weighted by molar-refractivity contribution is 9.11. The molecule has 0 aliphatic heterocycles. The van der Waals surface area contributed by atoms with Crippen LogP contribution in [0.4, 0.5) is 0 Å². The van der Waals surface area contributed by atoms with E-state index in [0.717, 1.165) is 25.0 Å². The van der Waals surface area contributed by atoms with Crippen molar-refractivity contribution < 1.29 is 4.79 Å². The van der Waals surface area contributed by atoms with Crippen molar-refractivity contribution in [3.05, 3.63) is 18.7 Å². The van der Waals surface area contributed by atoms with Gasteiger partial charge in [0.05, 0.1) is 8.66 Å². The summed E-state index contributed by atoms with van der Waals surface area (Å²) in [5.41, 5.74) is 1.09. The monoisotopic (exact) mass is 282 g/mol. The van der Waals surface area contributed by atoms with Gasteiger partial charge in [0.15, 0.2) is 6.29 Å². The summed E-state index contributed by atoms with van der Waals surface area (Å²) in [6.45, 7) is 1.96. The van der Waals surface area contributed by atoms with Crippen LogP contribution in [0.2, 0.25) is 0 Å². The van der Waals surface area contributed by atoms with Crippen LogP contribution in [0.15, 0.2) is 8.26 Å². The van der Waals surface area contributed by atoms with E-state index in [1.54, 1.807) is 0 Å². The molecule has 0 aromatic carbocycles. The van der Waals surface area contributed by atoms with E-state index in [1.165, 1.54) is 11.3 Å². The summed E-state index contributed by atoms with van der Waals surface area (Å²) in [7, 11) is 0. The van der Waals surface area contributed by atoms with E-state index >= 15 is 0 Å². The third kappa shape index (κ3) is 1.33. The fourth-order valence-electron chi connectivity index (χ4n) is 0.565. The molecule has 10 heavy (non-hydrogen) atoms. The van der Waals surface area contributed by atoms with E-state index in [4.69, 9.17) is 0 Å². The third-order valence-corrected chi connectivity index (χ3v) is 4.52. The Morgan fingerprint density at radius 3 is 2.30 bits per heavy atom. The van der Waals surface area contributed by atoms with Crippen molar-refractivity contribution in [1.29, 1.82) is 0 Å². The molecule has 0 radical (unpaired) electrons. The van der Waals surface area contributed by atoms with Crippen molar-refractivity contribution in [1.82, 2.24) is 0 Å². The molecule has 0 bridgehead atoms. The highest BCUT2D eigenvalue weighted by Gasteiger charge is 2.08. The summed E-state index contributed by atoms with van der Waals surface area (Å²) in [5, 5.41) is 0. The Morgan fingerprint density at radius 1 is 1.50 bits per heavy atom. The maximum Gasteiger partial charge on any atom is 0.161 e. The molecule has 0 spiro atoms. The normalized spacial score (nSPS) is 9.90. The summed E-state index contributed by atoms with van der Waals surface area (Å²) in [6, 6.07) is 0. The van der Waals surface area contributed by atoms with Crippen LogP contribution in [-0.4, -0.2) is 6.29 Å². The Kier molecular flexibility index (Phi) is 2.66. The molecule has 0 amide bonds. The molecule has 0 N–H and O–H groups in total. The first-order valence-electron chi connectivity index (χ1n) is 2.56. The molecule has 1 heterocycles. The average Bonchev–Trinajstić information content (AvgIpc) is 2.17. The fourth-order valence-corrected chi connectivity index (χ4v) is 2.96. The lowest BCUT2D eigenvalue weighted by atomic mass is 10.3. The van der Waals surface area contributed by atoms with Gasteiger partial charge < -0.3 is 0 Å². The van der Waals surface area contributed by atoms with Crippen molar-refractivity contribution in [2.24, 2.45) is 0 Å². The van der Waals surface area contributed by atoms with Gasteiger partial charge in [-0.15, -0.1) is 11.3 Å². The lowest BCUT2D eigenvalue weighted by Gasteiger charge is -1.85. The minimum atomic E-state index is 0.740. The van der Waals surface area contributed by atoms with Crippen molar-refractivity contribution >= 4 is 49.5 Å². The van der Waals surface area contributed by atoms with E-state index in [1.807, 2.05) is 6.92 Å². The van der Waals surface area contributed by atoms with Gasteiger partial charge in [-0.25, -0.2) is 0 Å². The fraction of sp³-hybridized carbons (Fsp3) is 0.167. The Labute approximate surface area is 79.7 Å². The molecular weight excluding hydrogens is 280 g/mol. The molecule has 54 valence electrons. The van der Waals surface area contributed by atoms with E-state index in [-0.39, 0.29) is 0 Å². The largest absolute Gasteiger partial charge is 0.297 e. The number of carbonyl (C=O) groups excluding carboxylic acids is 1. The van der Waals surface area contributed by atoms with Crippen molar-refractivity contribution in [3.63, 3.8) is 0 Å². The van der Waals surface area contributed by atoms with Crippen LogP contribution < -0.4 is 0 Å². The second-order valence-corrected chi connectivity index (χ2v) is 4.96. The Morgan fingerprint density at radius 2 is 2.10 bits per heavy atom. The predicted octanol–water partition coefficient (Wildman–Crippen LogP) is 3.39. The first kappa shape index (κ1) is 8.43. The molecular formula is C6H4Br2OS. The summed E-state index contributed by atoms with van der Waals surface area (Å²) in [5.74, 6) is 0. The summed E-state index contributed by atoms with van der Waals surface area (Å²) >= 11 is 8.09. The third-order valence-electron chi connectivity index (χ3n) is 1.15. The zero-order valence-electron chi connectivity index (χ0n) is 5.15. The van der Waals surface area contributed by atoms with E-state index < -0.39 is 0 Å². The standard InChI is InChI=1S/C6H4Br2OS/c1-3-5(7)4(2-9)10-6(3)8/h2H,1H3. The van der Waals surface area contributed by atoms with E-state index in [9.17, 15) is 4.79 Å². The Bertz CT molecular complexity index is 267. The molecule has 0 saturated carbocycles. The van der Waals surface area contributed by atoms with Crippen LogP contribution in [0.3, 0.4) is 0 Å². The minimum absolute atomic E-state index is 0.740. The van der Waals surface area contributed by atoms with Crippen molar-refractivity contribution in [2.75, 3.05) is 0 Å². The number of rotatable bonds is 1. The minimum Gasteiger partial charge on any atom is -0.297 e. The van der Waals surface area contributed by atoms with Crippen LogP contribution in [-0.2, 0) is 0 Å². The first-order chi connectivity index (χ1) is 4.66. The van der Waals surface area contributed by atoms with Gasteiger partial charge in [0.2, 0.25) is 0 Å². The number of aldehydes is 1. The molecule has 0 unspecified atom stereocenters. The average molecular weight is 284 g/mol. The van der Waals surface area contributed by atoms with Crippen molar-refractivity contribution in [3.8, 4) is 0 Å². The lowest BCUT2D eigenvalue weighted by Crippen LogP contribution is -1.71. The number of carbonyl (C=O) groups is 1. The van der Waals surface area contributed by atoms with Crippen LogP contribution in [0.1, 0.15) is 15.2 Å². The lowest BCUT2D eigenvalue weighted by molar-refractivity contribution is 0.112. The molecule has 4 heteroatoms. The van der Waals surface area contributed by atoms with E-state index in [2.05, 4.69) is 31.9 Å². The summed E-state index contributed by atoms with van der Waals surface area (Å²) < 4.78 is 1.92. The quantitative estimate of drug-likeness (QED) is 0.722. The molecule has 1 rings (SSSR count). The van der Waals surface area contributed by atoms with Crippen LogP contribution >= 0.6 is 43.2 Å². The molecule has 0 aliphatic rings. The van der Waals surface area contributed by atoms with Gasteiger partial charge >= 0.3 is 0 Å². The number of halogens is 2. The van der Waals surface area contributed by atoms with Gasteiger partial charge in [-0.1, -0.05) is 0 Å². The van der Waals surface area contributed by atoms with E-state index in [0.29, 0.717) is 0 Å². The number of thiophene rings is 1. The Balaban J connectivity index is 3.30.